The number of hydrogen-bond acceptors (Lipinski definition) is 2. The summed E-state index contributed by atoms with van der Waals surface area (Å²) in [6.45, 7) is 0. The summed E-state index contributed by atoms with van der Waals surface area (Å²) in [6, 6.07) is 13.3. The first-order chi connectivity index (χ1) is 10.1. The summed E-state index contributed by atoms with van der Waals surface area (Å²) in [4.78, 5) is 0. The normalized spacial score (nSPS) is 12.2. The number of nitrogens with one attached hydrogen (secondary N) is 1. The Hall–Kier alpha value is -1.14. The van der Waals surface area contributed by atoms with Gasteiger partial charge in [0.2, 0.25) is 0 Å². The van der Waals surface area contributed by atoms with Crippen LogP contribution in [0.15, 0.2) is 42.5 Å². The Morgan fingerprint density at radius 2 is 1.90 bits per heavy atom. The lowest BCUT2D eigenvalue weighted by molar-refractivity contribution is 0.414. The highest BCUT2D eigenvalue weighted by Gasteiger charge is 2.13. The molecular formula is C17H19FINO. The molecule has 0 aliphatic carbocycles. The van der Waals surface area contributed by atoms with E-state index in [4.69, 9.17) is 4.74 Å². The standard InChI is InChI=1S/C17H19FINO/c1-20-17(15-9-6-13(18)11-16(15)19)10-5-12-3-7-14(21-2)8-4-12/h3-4,6-9,11,17,20H,5,10H2,1-2H3. The third kappa shape index (κ3) is 4.41. The number of aryl methyl sites for hydroxylation is 1. The maximum atomic E-state index is 13.2. The molecule has 4 heteroatoms. The van der Waals surface area contributed by atoms with Gasteiger partial charge >= 0.3 is 0 Å². The molecule has 0 aromatic heterocycles. The van der Waals surface area contributed by atoms with E-state index in [1.54, 1.807) is 13.2 Å². The summed E-state index contributed by atoms with van der Waals surface area (Å²) in [6.07, 6.45) is 1.92. The number of benzene rings is 2. The van der Waals surface area contributed by atoms with E-state index in [0.29, 0.717) is 0 Å². The molecule has 0 saturated heterocycles. The Kier molecular flexibility index (Phi) is 5.99. The van der Waals surface area contributed by atoms with Crippen molar-refractivity contribution in [3.8, 4) is 5.75 Å². The summed E-state index contributed by atoms with van der Waals surface area (Å²) >= 11 is 2.19. The zero-order valence-electron chi connectivity index (χ0n) is 12.2. The molecule has 0 fully saturated rings. The smallest absolute Gasteiger partial charge is 0.124 e. The first-order valence-corrected chi connectivity index (χ1v) is 7.97. The van der Waals surface area contributed by atoms with Crippen molar-refractivity contribution >= 4 is 22.6 Å². The molecule has 1 unspecified atom stereocenters. The number of ether oxygens (including phenoxy) is 1. The average Bonchev–Trinajstić information content (AvgIpc) is 2.50. The van der Waals surface area contributed by atoms with E-state index < -0.39 is 0 Å². The van der Waals surface area contributed by atoms with Crippen LogP contribution < -0.4 is 10.1 Å². The summed E-state index contributed by atoms with van der Waals surface area (Å²) in [5, 5.41) is 3.32. The maximum absolute atomic E-state index is 13.2. The minimum absolute atomic E-state index is 0.187. The van der Waals surface area contributed by atoms with Gasteiger partial charge in [0, 0.05) is 9.61 Å². The van der Waals surface area contributed by atoms with E-state index >= 15 is 0 Å². The fraction of sp³-hybridized carbons (Fsp3) is 0.294. The van der Waals surface area contributed by atoms with Crippen molar-refractivity contribution in [2.75, 3.05) is 14.2 Å². The SMILES string of the molecule is CNC(CCc1ccc(OC)cc1)c1ccc(F)cc1I. The van der Waals surface area contributed by atoms with E-state index in [1.807, 2.05) is 25.2 Å². The molecule has 0 amide bonds. The molecule has 0 radical (unpaired) electrons. The third-order valence-corrected chi connectivity index (χ3v) is 4.50. The molecule has 0 aliphatic heterocycles. The molecule has 0 bridgehead atoms. The van der Waals surface area contributed by atoms with E-state index in [0.717, 1.165) is 27.7 Å². The second kappa shape index (κ2) is 7.75. The molecule has 0 spiro atoms. The zero-order valence-corrected chi connectivity index (χ0v) is 14.4. The van der Waals surface area contributed by atoms with Gasteiger partial charge in [-0.3, -0.25) is 0 Å². The van der Waals surface area contributed by atoms with Gasteiger partial charge in [0.15, 0.2) is 0 Å². The molecule has 1 atom stereocenters. The van der Waals surface area contributed by atoms with Gasteiger partial charge in [-0.2, -0.15) is 0 Å². The van der Waals surface area contributed by atoms with Crippen molar-refractivity contribution in [2.45, 2.75) is 18.9 Å². The quantitative estimate of drug-likeness (QED) is 0.731. The van der Waals surface area contributed by atoms with Gasteiger partial charge in [-0.1, -0.05) is 18.2 Å². The molecule has 2 aromatic carbocycles. The van der Waals surface area contributed by atoms with Crippen LogP contribution in [0.5, 0.6) is 5.75 Å². The van der Waals surface area contributed by atoms with Crippen LogP contribution in [0.4, 0.5) is 4.39 Å². The lowest BCUT2D eigenvalue weighted by Crippen LogP contribution is -2.18. The van der Waals surface area contributed by atoms with Crippen molar-refractivity contribution in [3.63, 3.8) is 0 Å². The first kappa shape index (κ1) is 16.2. The Balaban J connectivity index is 2.04. The Morgan fingerprint density at radius 1 is 1.19 bits per heavy atom. The van der Waals surface area contributed by atoms with Gasteiger partial charge in [-0.15, -0.1) is 0 Å². The van der Waals surface area contributed by atoms with Gasteiger partial charge in [0.25, 0.3) is 0 Å². The largest absolute Gasteiger partial charge is 0.497 e. The lowest BCUT2D eigenvalue weighted by Gasteiger charge is -2.18. The molecule has 2 nitrogen and oxygen atoms in total. The van der Waals surface area contributed by atoms with Crippen molar-refractivity contribution < 1.29 is 9.13 Å². The number of rotatable bonds is 6. The van der Waals surface area contributed by atoms with Crippen LogP contribution in [-0.2, 0) is 6.42 Å². The highest BCUT2D eigenvalue weighted by Crippen LogP contribution is 2.25. The second-order valence-corrected chi connectivity index (χ2v) is 6.06. The van der Waals surface area contributed by atoms with Crippen LogP contribution in [0, 0.1) is 9.39 Å². The third-order valence-electron chi connectivity index (χ3n) is 3.57. The lowest BCUT2D eigenvalue weighted by atomic mass is 9.99. The predicted octanol–water partition coefficient (Wildman–Crippen LogP) is 4.33. The topological polar surface area (TPSA) is 21.3 Å². The van der Waals surface area contributed by atoms with E-state index in [9.17, 15) is 4.39 Å². The minimum Gasteiger partial charge on any atom is -0.497 e. The van der Waals surface area contributed by atoms with Crippen molar-refractivity contribution in [1.29, 1.82) is 0 Å². The highest BCUT2D eigenvalue weighted by atomic mass is 127. The van der Waals surface area contributed by atoms with Gasteiger partial charge in [0.05, 0.1) is 7.11 Å². The monoisotopic (exact) mass is 399 g/mol. The van der Waals surface area contributed by atoms with Gasteiger partial charge in [0.1, 0.15) is 11.6 Å². The van der Waals surface area contributed by atoms with Crippen molar-refractivity contribution in [2.24, 2.45) is 0 Å². The Labute approximate surface area is 138 Å². The van der Waals surface area contributed by atoms with E-state index in [1.165, 1.54) is 11.6 Å². The summed E-state index contributed by atoms with van der Waals surface area (Å²) in [5.74, 6) is 0.685. The number of halogens is 2. The van der Waals surface area contributed by atoms with Gasteiger partial charge in [-0.05, 0) is 77.9 Å². The highest BCUT2D eigenvalue weighted by molar-refractivity contribution is 14.1. The molecular weight excluding hydrogens is 380 g/mol. The summed E-state index contributed by atoms with van der Waals surface area (Å²) < 4.78 is 19.3. The van der Waals surface area contributed by atoms with Crippen LogP contribution >= 0.6 is 22.6 Å². The van der Waals surface area contributed by atoms with Gasteiger partial charge < -0.3 is 10.1 Å². The second-order valence-electron chi connectivity index (χ2n) is 4.89. The fourth-order valence-corrected chi connectivity index (χ4v) is 3.20. The van der Waals surface area contributed by atoms with Crippen LogP contribution in [-0.4, -0.2) is 14.2 Å². The average molecular weight is 399 g/mol. The minimum atomic E-state index is -0.187. The molecule has 1 N–H and O–H groups in total. The number of methoxy groups -OCH3 is 1. The zero-order chi connectivity index (χ0) is 15.2. The fourth-order valence-electron chi connectivity index (χ4n) is 2.34. The first-order valence-electron chi connectivity index (χ1n) is 6.89. The summed E-state index contributed by atoms with van der Waals surface area (Å²) in [5.41, 5.74) is 2.42. The van der Waals surface area contributed by atoms with Crippen LogP contribution in [0.1, 0.15) is 23.6 Å². The predicted molar refractivity (Wildman–Crippen MR) is 92.2 cm³/mol. The van der Waals surface area contributed by atoms with E-state index in [2.05, 4.69) is 40.0 Å². The maximum Gasteiger partial charge on any atom is 0.124 e. The van der Waals surface area contributed by atoms with E-state index in [-0.39, 0.29) is 11.9 Å². The van der Waals surface area contributed by atoms with Crippen LogP contribution in [0.2, 0.25) is 0 Å². The van der Waals surface area contributed by atoms with Crippen LogP contribution in [0.3, 0.4) is 0 Å². The molecule has 21 heavy (non-hydrogen) atoms. The number of hydrogen-bond donors (Lipinski definition) is 1. The molecule has 0 heterocycles. The van der Waals surface area contributed by atoms with Gasteiger partial charge in [-0.25, -0.2) is 4.39 Å². The Bertz CT molecular complexity index is 586. The molecule has 0 saturated carbocycles. The molecule has 2 rings (SSSR count). The van der Waals surface area contributed by atoms with Crippen molar-refractivity contribution in [3.05, 3.63) is 63.0 Å². The molecule has 112 valence electrons. The molecule has 2 aromatic rings. The Morgan fingerprint density at radius 3 is 2.48 bits per heavy atom. The van der Waals surface area contributed by atoms with Crippen LogP contribution in [0.25, 0.3) is 0 Å². The summed E-state index contributed by atoms with van der Waals surface area (Å²) in [7, 11) is 3.61. The molecule has 0 aliphatic rings. The van der Waals surface area contributed by atoms with Crippen molar-refractivity contribution in [1.82, 2.24) is 5.32 Å².